The number of carbonyl (C=O) groups is 1. The van der Waals surface area contributed by atoms with Gasteiger partial charge in [-0.2, -0.15) is 0 Å². The van der Waals surface area contributed by atoms with Crippen LogP contribution in [0.1, 0.15) is 12.8 Å². The average molecular weight is 319 g/mol. The fraction of sp³-hybridized carbons (Fsp3) is 0.923. The van der Waals surface area contributed by atoms with Crippen LogP contribution in [0.4, 0.5) is 0 Å². The SMILES string of the molecule is CS(=O)(=O)CCC(N)C(=O)N1CCC(N2CCOCC2)C1. The van der Waals surface area contributed by atoms with Gasteiger partial charge in [0.25, 0.3) is 0 Å². The molecule has 0 saturated carbocycles. The minimum atomic E-state index is -3.08. The first kappa shape index (κ1) is 16.7. The fourth-order valence-electron chi connectivity index (χ4n) is 2.88. The lowest BCUT2D eigenvalue weighted by Gasteiger charge is -2.32. The standard InChI is InChI=1S/C13H25N3O4S/c1-21(18,19)9-3-12(14)13(17)16-4-2-11(10-16)15-5-7-20-8-6-15/h11-12H,2-10,14H2,1H3. The van der Waals surface area contributed by atoms with Crippen molar-refractivity contribution in [3.63, 3.8) is 0 Å². The maximum atomic E-state index is 12.3. The molecule has 2 rings (SSSR count). The Morgan fingerprint density at radius 2 is 2.00 bits per heavy atom. The summed E-state index contributed by atoms with van der Waals surface area (Å²) >= 11 is 0. The summed E-state index contributed by atoms with van der Waals surface area (Å²) in [5.74, 6) is -0.171. The van der Waals surface area contributed by atoms with Gasteiger partial charge in [0.05, 0.1) is 25.0 Å². The van der Waals surface area contributed by atoms with Crippen molar-refractivity contribution < 1.29 is 17.9 Å². The van der Waals surface area contributed by atoms with Crippen molar-refractivity contribution in [3.8, 4) is 0 Å². The van der Waals surface area contributed by atoms with Gasteiger partial charge in [0.15, 0.2) is 0 Å². The quantitative estimate of drug-likeness (QED) is 0.676. The number of likely N-dealkylation sites (tertiary alicyclic amines) is 1. The first-order chi connectivity index (χ1) is 9.87. The van der Waals surface area contributed by atoms with Gasteiger partial charge in [-0.1, -0.05) is 0 Å². The molecule has 122 valence electrons. The van der Waals surface area contributed by atoms with Crippen LogP contribution < -0.4 is 5.73 Å². The zero-order chi connectivity index (χ0) is 15.5. The van der Waals surface area contributed by atoms with Crippen molar-refractivity contribution in [3.05, 3.63) is 0 Å². The van der Waals surface area contributed by atoms with E-state index in [-0.39, 0.29) is 18.1 Å². The van der Waals surface area contributed by atoms with Crippen molar-refractivity contribution in [2.45, 2.75) is 24.9 Å². The van der Waals surface area contributed by atoms with Crippen LogP contribution in [0, 0.1) is 0 Å². The van der Waals surface area contributed by atoms with Crippen LogP contribution in [-0.2, 0) is 19.4 Å². The van der Waals surface area contributed by atoms with Crippen LogP contribution in [0.3, 0.4) is 0 Å². The Labute approximate surface area is 126 Å². The molecule has 1 amide bonds. The number of carbonyl (C=O) groups excluding carboxylic acids is 1. The molecule has 21 heavy (non-hydrogen) atoms. The molecular formula is C13H25N3O4S. The van der Waals surface area contributed by atoms with E-state index in [2.05, 4.69) is 4.90 Å². The normalized spacial score (nSPS) is 26.0. The summed E-state index contributed by atoms with van der Waals surface area (Å²) in [6, 6.07) is -0.344. The van der Waals surface area contributed by atoms with Crippen molar-refractivity contribution >= 4 is 15.7 Å². The van der Waals surface area contributed by atoms with Gasteiger partial charge in [-0.25, -0.2) is 8.42 Å². The molecule has 0 aromatic rings. The van der Waals surface area contributed by atoms with E-state index in [0.717, 1.165) is 39.0 Å². The zero-order valence-electron chi connectivity index (χ0n) is 12.5. The van der Waals surface area contributed by atoms with Crippen LogP contribution >= 0.6 is 0 Å². The molecule has 0 aliphatic carbocycles. The lowest BCUT2D eigenvalue weighted by molar-refractivity contribution is -0.131. The average Bonchev–Trinajstić information content (AvgIpc) is 2.94. The third-order valence-corrected chi connectivity index (χ3v) is 5.13. The Bertz CT molecular complexity index is 462. The molecule has 8 heteroatoms. The topological polar surface area (TPSA) is 92.9 Å². The molecule has 0 spiro atoms. The lowest BCUT2D eigenvalue weighted by atomic mass is 10.2. The van der Waals surface area contributed by atoms with Gasteiger partial charge < -0.3 is 15.4 Å². The van der Waals surface area contributed by atoms with Gasteiger partial charge >= 0.3 is 0 Å². The van der Waals surface area contributed by atoms with Gasteiger partial charge in [-0.15, -0.1) is 0 Å². The minimum absolute atomic E-state index is 0.0410. The smallest absolute Gasteiger partial charge is 0.239 e. The van der Waals surface area contributed by atoms with Gasteiger partial charge in [-0.3, -0.25) is 9.69 Å². The van der Waals surface area contributed by atoms with Crippen molar-refractivity contribution in [1.82, 2.24) is 9.80 Å². The molecule has 0 aromatic heterocycles. The molecular weight excluding hydrogens is 294 g/mol. The number of nitrogens with two attached hydrogens (primary N) is 1. The Morgan fingerprint density at radius 3 is 2.62 bits per heavy atom. The van der Waals surface area contributed by atoms with Crippen molar-refractivity contribution in [2.24, 2.45) is 5.73 Å². The summed E-state index contributed by atoms with van der Waals surface area (Å²) in [5.41, 5.74) is 5.84. The Hall–Kier alpha value is -0.700. The van der Waals surface area contributed by atoms with Gasteiger partial charge in [0, 0.05) is 38.5 Å². The van der Waals surface area contributed by atoms with E-state index < -0.39 is 15.9 Å². The zero-order valence-corrected chi connectivity index (χ0v) is 13.3. The minimum Gasteiger partial charge on any atom is -0.379 e. The van der Waals surface area contributed by atoms with Gasteiger partial charge in [0.1, 0.15) is 9.84 Å². The highest BCUT2D eigenvalue weighted by Gasteiger charge is 2.33. The number of hydrogen-bond donors (Lipinski definition) is 1. The number of sulfone groups is 1. The highest BCUT2D eigenvalue weighted by atomic mass is 32.2. The molecule has 2 saturated heterocycles. The maximum absolute atomic E-state index is 12.3. The second kappa shape index (κ2) is 7.04. The largest absolute Gasteiger partial charge is 0.379 e. The summed E-state index contributed by atoms with van der Waals surface area (Å²) < 4.78 is 27.6. The van der Waals surface area contributed by atoms with E-state index in [1.165, 1.54) is 0 Å². The van der Waals surface area contributed by atoms with Crippen LogP contribution in [-0.4, -0.2) is 87.6 Å². The van der Waals surface area contributed by atoms with E-state index >= 15 is 0 Å². The molecule has 2 unspecified atom stereocenters. The van der Waals surface area contributed by atoms with Gasteiger partial charge in [0.2, 0.25) is 5.91 Å². The third-order valence-electron chi connectivity index (χ3n) is 4.15. The fourth-order valence-corrected chi connectivity index (χ4v) is 3.56. The molecule has 2 atom stereocenters. The lowest BCUT2D eigenvalue weighted by Crippen LogP contribution is -2.47. The van der Waals surface area contributed by atoms with E-state index in [1.54, 1.807) is 4.90 Å². The number of ether oxygens (including phenoxy) is 1. The van der Waals surface area contributed by atoms with E-state index in [0.29, 0.717) is 19.1 Å². The number of hydrogen-bond acceptors (Lipinski definition) is 6. The molecule has 2 heterocycles. The van der Waals surface area contributed by atoms with Gasteiger partial charge in [-0.05, 0) is 12.8 Å². The Kier molecular flexibility index (Phi) is 5.59. The number of rotatable bonds is 5. The summed E-state index contributed by atoms with van der Waals surface area (Å²) in [6.07, 6.45) is 2.30. The first-order valence-electron chi connectivity index (χ1n) is 7.41. The van der Waals surface area contributed by atoms with Crippen LogP contribution in [0.5, 0.6) is 0 Å². The van der Waals surface area contributed by atoms with Crippen LogP contribution in [0.25, 0.3) is 0 Å². The van der Waals surface area contributed by atoms with E-state index in [1.807, 2.05) is 0 Å². The number of morpholine rings is 1. The van der Waals surface area contributed by atoms with Crippen molar-refractivity contribution in [2.75, 3.05) is 51.4 Å². The monoisotopic (exact) mass is 319 g/mol. The highest BCUT2D eigenvalue weighted by Crippen LogP contribution is 2.18. The third kappa shape index (κ3) is 4.91. The summed E-state index contributed by atoms with van der Waals surface area (Å²) in [5, 5.41) is 0. The second-order valence-corrected chi connectivity index (χ2v) is 8.16. The molecule has 2 aliphatic rings. The van der Waals surface area contributed by atoms with Crippen LogP contribution in [0.15, 0.2) is 0 Å². The number of amides is 1. The highest BCUT2D eigenvalue weighted by molar-refractivity contribution is 7.90. The van der Waals surface area contributed by atoms with E-state index in [4.69, 9.17) is 10.5 Å². The van der Waals surface area contributed by atoms with Crippen molar-refractivity contribution in [1.29, 1.82) is 0 Å². The molecule has 2 N–H and O–H groups in total. The Morgan fingerprint density at radius 1 is 1.33 bits per heavy atom. The summed E-state index contributed by atoms with van der Waals surface area (Å²) in [7, 11) is -3.08. The summed E-state index contributed by atoms with van der Waals surface area (Å²) in [6.45, 7) is 4.70. The number of nitrogens with zero attached hydrogens (tertiary/aromatic N) is 2. The molecule has 2 aliphatic heterocycles. The Balaban J connectivity index is 1.81. The van der Waals surface area contributed by atoms with E-state index in [9.17, 15) is 13.2 Å². The predicted molar refractivity (Wildman–Crippen MR) is 79.7 cm³/mol. The molecule has 0 bridgehead atoms. The molecule has 7 nitrogen and oxygen atoms in total. The molecule has 2 fully saturated rings. The van der Waals surface area contributed by atoms with Crippen LogP contribution in [0.2, 0.25) is 0 Å². The maximum Gasteiger partial charge on any atom is 0.239 e. The first-order valence-corrected chi connectivity index (χ1v) is 9.47. The summed E-state index contributed by atoms with van der Waals surface area (Å²) in [4.78, 5) is 16.4. The predicted octanol–water partition coefficient (Wildman–Crippen LogP) is -1.32. The second-order valence-electron chi connectivity index (χ2n) is 5.90. The molecule has 0 aromatic carbocycles. The molecule has 0 radical (unpaired) electrons.